The smallest absolute Gasteiger partial charge is 0.247 e. The zero-order valence-corrected chi connectivity index (χ0v) is 15.9. The highest BCUT2D eigenvalue weighted by atomic mass is 16.2. The van der Waals surface area contributed by atoms with Crippen molar-refractivity contribution in [3.8, 4) is 0 Å². The number of hydrogen-bond acceptors (Lipinski definition) is 5. The van der Waals surface area contributed by atoms with E-state index in [1.165, 1.54) is 6.33 Å². The van der Waals surface area contributed by atoms with Crippen molar-refractivity contribution in [1.82, 2.24) is 34.8 Å². The Morgan fingerprint density at radius 1 is 1.30 bits per heavy atom. The van der Waals surface area contributed by atoms with Crippen molar-refractivity contribution < 1.29 is 9.59 Å². The predicted molar refractivity (Wildman–Crippen MR) is 98.6 cm³/mol. The van der Waals surface area contributed by atoms with E-state index in [1.54, 1.807) is 21.9 Å². The maximum absolute atomic E-state index is 12.6. The lowest BCUT2D eigenvalue weighted by Gasteiger charge is -2.33. The Morgan fingerprint density at radius 2 is 2.07 bits per heavy atom. The van der Waals surface area contributed by atoms with Gasteiger partial charge in [0.1, 0.15) is 18.7 Å². The van der Waals surface area contributed by atoms with Gasteiger partial charge in [0.05, 0.1) is 0 Å². The van der Waals surface area contributed by atoms with Gasteiger partial charge in [-0.05, 0) is 38.2 Å². The predicted octanol–water partition coefficient (Wildman–Crippen LogP) is 0.560. The van der Waals surface area contributed by atoms with Gasteiger partial charge >= 0.3 is 0 Å². The van der Waals surface area contributed by atoms with Crippen molar-refractivity contribution in [2.45, 2.75) is 38.6 Å². The summed E-state index contributed by atoms with van der Waals surface area (Å²) in [5.41, 5.74) is 1.05. The van der Waals surface area contributed by atoms with E-state index >= 15 is 0 Å². The second-order valence-corrected chi connectivity index (χ2v) is 7.07. The van der Waals surface area contributed by atoms with Gasteiger partial charge in [-0.2, -0.15) is 10.2 Å². The second kappa shape index (κ2) is 8.79. The maximum Gasteiger partial charge on any atom is 0.247 e. The highest BCUT2D eigenvalue weighted by molar-refractivity contribution is 5.80. The lowest BCUT2D eigenvalue weighted by Crippen LogP contribution is -2.44. The Morgan fingerprint density at radius 3 is 2.70 bits per heavy atom. The summed E-state index contributed by atoms with van der Waals surface area (Å²) in [4.78, 5) is 30.4. The molecule has 1 N–H and O–H groups in total. The van der Waals surface area contributed by atoms with Crippen LogP contribution < -0.4 is 5.32 Å². The number of aromatic nitrogens is 5. The molecule has 0 saturated carbocycles. The van der Waals surface area contributed by atoms with Crippen LogP contribution in [0, 0.1) is 5.92 Å². The van der Waals surface area contributed by atoms with E-state index in [0.29, 0.717) is 38.4 Å². The topological polar surface area (TPSA) is 97.9 Å². The van der Waals surface area contributed by atoms with Crippen LogP contribution in [0.25, 0.3) is 0 Å². The van der Waals surface area contributed by atoms with Gasteiger partial charge in [-0.3, -0.25) is 14.3 Å². The number of hydrogen-bond donors (Lipinski definition) is 1. The molecule has 27 heavy (non-hydrogen) atoms. The SMILES string of the molecule is CC(C(=O)N1CCC(CNC(=O)CCc2ccnn2C)CC1)n1cncn1. The summed E-state index contributed by atoms with van der Waals surface area (Å²) < 4.78 is 3.37. The summed E-state index contributed by atoms with van der Waals surface area (Å²) in [7, 11) is 1.88. The van der Waals surface area contributed by atoms with Gasteiger partial charge in [0.15, 0.2) is 0 Å². The number of nitrogens with zero attached hydrogens (tertiary/aromatic N) is 6. The van der Waals surface area contributed by atoms with Gasteiger partial charge in [0.25, 0.3) is 0 Å². The number of rotatable bonds is 7. The van der Waals surface area contributed by atoms with Crippen LogP contribution in [0.5, 0.6) is 0 Å². The van der Waals surface area contributed by atoms with Gasteiger partial charge in [-0.1, -0.05) is 0 Å². The van der Waals surface area contributed by atoms with Gasteiger partial charge in [0.2, 0.25) is 11.8 Å². The minimum atomic E-state index is -0.337. The molecule has 9 heteroatoms. The van der Waals surface area contributed by atoms with E-state index < -0.39 is 0 Å². The summed E-state index contributed by atoms with van der Waals surface area (Å²) in [5, 5.41) is 11.2. The third-order valence-corrected chi connectivity index (χ3v) is 5.24. The maximum atomic E-state index is 12.6. The first-order chi connectivity index (χ1) is 13.0. The van der Waals surface area contributed by atoms with E-state index in [4.69, 9.17) is 0 Å². The molecule has 1 fully saturated rings. The van der Waals surface area contributed by atoms with Gasteiger partial charge < -0.3 is 10.2 Å². The van der Waals surface area contributed by atoms with Crippen molar-refractivity contribution in [2.24, 2.45) is 13.0 Å². The third-order valence-electron chi connectivity index (χ3n) is 5.24. The number of aryl methyl sites for hydroxylation is 2. The van der Waals surface area contributed by atoms with Crippen LogP contribution in [0.4, 0.5) is 0 Å². The standard InChI is InChI=1S/C18H27N7O2/c1-14(25-13-19-12-22-25)18(27)24-9-6-15(7-10-24)11-20-17(26)4-3-16-5-8-21-23(16)2/h5,8,12-15H,3-4,6-7,9-11H2,1-2H3,(H,20,26). The second-order valence-electron chi connectivity index (χ2n) is 7.07. The minimum absolute atomic E-state index is 0.0644. The van der Waals surface area contributed by atoms with E-state index in [9.17, 15) is 9.59 Å². The molecule has 1 saturated heterocycles. The molecule has 0 bridgehead atoms. The summed E-state index contributed by atoms with van der Waals surface area (Å²) in [6, 6.07) is 1.59. The molecule has 3 heterocycles. The molecule has 146 valence electrons. The molecule has 0 spiro atoms. The van der Waals surface area contributed by atoms with Crippen LogP contribution in [0.15, 0.2) is 24.9 Å². The Hall–Kier alpha value is -2.71. The molecule has 2 aromatic rings. The van der Waals surface area contributed by atoms with E-state index in [2.05, 4.69) is 20.5 Å². The summed E-state index contributed by atoms with van der Waals surface area (Å²) in [6.45, 7) is 3.94. The van der Waals surface area contributed by atoms with Crippen LogP contribution in [-0.4, -0.2) is 60.9 Å². The zero-order valence-electron chi connectivity index (χ0n) is 15.9. The first-order valence-electron chi connectivity index (χ1n) is 9.41. The van der Waals surface area contributed by atoms with Gasteiger partial charge in [-0.25, -0.2) is 9.67 Å². The van der Waals surface area contributed by atoms with E-state index in [1.807, 2.05) is 24.9 Å². The van der Waals surface area contributed by atoms with Crippen LogP contribution >= 0.6 is 0 Å². The number of carbonyl (C=O) groups excluding carboxylic acids is 2. The van der Waals surface area contributed by atoms with Crippen molar-refractivity contribution >= 4 is 11.8 Å². The van der Waals surface area contributed by atoms with Crippen LogP contribution in [0.3, 0.4) is 0 Å². The van der Waals surface area contributed by atoms with E-state index in [0.717, 1.165) is 18.5 Å². The van der Waals surface area contributed by atoms with Crippen molar-refractivity contribution in [1.29, 1.82) is 0 Å². The normalized spacial score (nSPS) is 16.3. The van der Waals surface area contributed by atoms with Gasteiger partial charge in [-0.15, -0.1) is 0 Å². The first kappa shape index (κ1) is 19.1. The molecule has 0 aliphatic carbocycles. The molecule has 2 amide bonds. The monoisotopic (exact) mass is 373 g/mol. The number of piperidine rings is 1. The summed E-state index contributed by atoms with van der Waals surface area (Å²) >= 11 is 0. The Balaban J connectivity index is 1.36. The summed E-state index contributed by atoms with van der Waals surface area (Å²) in [6.07, 6.45) is 7.70. The fourth-order valence-electron chi connectivity index (χ4n) is 3.39. The molecular formula is C18H27N7O2. The first-order valence-corrected chi connectivity index (χ1v) is 9.41. The fraction of sp³-hybridized carbons (Fsp3) is 0.611. The molecule has 9 nitrogen and oxygen atoms in total. The Bertz CT molecular complexity index is 748. The Labute approximate surface area is 158 Å². The summed E-state index contributed by atoms with van der Waals surface area (Å²) in [5.74, 6) is 0.546. The van der Waals surface area contributed by atoms with Gasteiger partial charge in [0, 0.05) is 45.0 Å². The van der Waals surface area contributed by atoms with E-state index in [-0.39, 0.29) is 17.9 Å². The average molecular weight is 373 g/mol. The molecule has 1 unspecified atom stereocenters. The largest absolute Gasteiger partial charge is 0.356 e. The van der Waals surface area contributed by atoms with Crippen molar-refractivity contribution in [3.63, 3.8) is 0 Å². The highest BCUT2D eigenvalue weighted by Crippen LogP contribution is 2.19. The molecule has 2 aromatic heterocycles. The highest BCUT2D eigenvalue weighted by Gasteiger charge is 2.27. The van der Waals surface area contributed by atoms with Crippen LogP contribution in [-0.2, 0) is 23.1 Å². The number of amides is 2. The molecule has 1 aliphatic rings. The zero-order chi connectivity index (χ0) is 19.2. The molecule has 3 rings (SSSR count). The molecule has 1 aliphatic heterocycles. The molecule has 1 atom stereocenters. The van der Waals surface area contributed by atoms with Crippen LogP contribution in [0.2, 0.25) is 0 Å². The molecular weight excluding hydrogens is 346 g/mol. The van der Waals surface area contributed by atoms with Crippen LogP contribution in [0.1, 0.15) is 37.9 Å². The lowest BCUT2D eigenvalue weighted by atomic mass is 9.96. The quantitative estimate of drug-likeness (QED) is 0.765. The lowest BCUT2D eigenvalue weighted by molar-refractivity contribution is -0.136. The fourth-order valence-corrected chi connectivity index (χ4v) is 3.39. The molecule has 0 radical (unpaired) electrons. The number of carbonyl (C=O) groups is 2. The average Bonchev–Trinajstić information content (AvgIpc) is 3.36. The third kappa shape index (κ3) is 4.93. The number of likely N-dealkylation sites (tertiary alicyclic amines) is 1. The number of nitrogens with one attached hydrogen (secondary N) is 1. The van der Waals surface area contributed by atoms with Crippen molar-refractivity contribution in [2.75, 3.05) is 19.6 Å². The van der Waals surface area contributed by atoms with Crippen molar-refractivity contribution in [3.05, 3.63) is 30.6 Å². The minimum Gasteiger partial charge on any atom is -0.356 e. The molecule has 0 aromatic carbocycles. The Kier molecular flexibility index (Phi) is 6.20.